The largest absolute Gasteiger partial charge is 0.399 e. The van der Waals surface area contributed by atoms with E-state index in [0.717, 1.165) is 29.8 Å². The Kier molecular flexibility index (Phi) is 3.96. The molecule has 106 valence electrons. The van der Waals surface area contributed by atoms with Gasteiger partial charge in [0.1, 0.15) is 0 Å². The molecule has 1 saturated heterocycles. The monoisotopic (exact) mass is 326 g/mol. The van der Waals surface area contributed by atoms with Gasteiger partial charge in [0.2, 0.25) is 0 Å². The van der Waals surface area contributed by atoms with Gasteiger partial charge in [0, 0.05) is 29.8 Å². The van der Waals surface area contributed by atoms with E-state index in [4.69, 9.17) is 10.5 Å². The summed E-state index contributed by atoms with van der Waals surface area (Å²) in [6, 6.07) is 5.97. The van der Waals surface area contributed by atoms with E-state index in [2.05, 4.69) is 48.5 Å². The number of hydrogen-bond acceptors (Lipinski definition) is 3. The Labute approximate surface area is 124 Å². The van der Waals surface area contributed by atoms with Gasteiger partial charge in [0.25, 0.3) is 0 Å². The van der Waals surface area contributed by atoms with Crippen molar-refractivity contribution in [1.29, 1.82) is 0 Å². The number of nitrogens with zero attached hydrogens (tertiary/aromatic N) is 1. The van der Waals surface area contributed by atoms with Crippen molar-refractivity contribution in [3.63, 3.8) is 0 Å². The Balaban J connectivity index is 2.16. The van der Waals surface area contributed by atoms with E-state index < -0.39 is 0 Å². The van der Waals surface area contributed by atoms with E-state index >= 15 is 0 Å². The first-order valence-electron chi connectivity index (χ1n) is 6.63. The summed E-state index contributed by atoms with van der Waals surface area (Å²) in [7, 11) is 0. The van der Waals surface area contributed by atoms with Crippen LogP contribution in [0.2, 0.25) is 0 Å². The molecular formula is C15H23BrN2O. The molecule has 0 radical (unpaired) electrons. The van der Waals surface area contributed by atoms with Crippen LogP contribution in [0.3, 0.4) is 0 Å². The maximum atomic E-state index is 6.10. The number of benzene rings is 1. The van der Waals surface area contributed by atoms with Crippen molar-refractivity contribution in [2.75, 3.05) is 18.8 Å². The van der Waals surface area contributed by atoms with Crippen LogP contribution in [0.1, 0.15) is 33.3 Å². The van der Waals surface area contributed by atoms with Crippen LogP contribution < -0.4 is 5.73 Å². The molecule has 1 fully saturated rings. The van der Waals surface area contributed by atoms with Gasteiger partial charge in [-0.15, -0.1) is 0 Å². The second-order valence-corrected chi connectivity index (χ2v) is 7.47. The molecule has 0 aromatic heterocycles. The number of morpholine rings is 1. The van der Waals surface area contributed by atoms with Crippen LogP contribution in [0, 0.1) is 0 Å². The molecule has 1 heterocycles. The Hall–Kier alpha value is -0.580. The predicted molar refractivity (Wildman–Crippen MR) is 83.1 cm³/mol. The van der Waals surface area contributed by atoms with Gasteiger partial charge in [-0.1, -0.05) is 15.9 Å². The van der Waals surface area contributed by atoms with Crippen LogP contribution in [-0.4, -0.2) is 29.2 Å². The highest BCUT2D eigenvalue weighted by molar-refractivity contribution is 9.10. The zero-order valence-electron chi connectivity index (χ0n) is 12.2. The summed E-state index contributed by atoms with van der Waals surface area (Å²) in [4.78, 5) is 2.43. The summed E-state index contributed by atoms with van der Waals surface area (Å²) < 4.78 is 7.22. The molecule has 19 heavy (non-hydrogen) atoms. The van der Waals surface area contributed by atoms with E-state index in [0.29, 0.717) is 0 Å². The topological polar surface area (TPSA) is 38.5 Å². The fourth-order valence-electron chi connectivity index (χ4n) is 3.01. The lowest BCUT2D eigenvalue weighted by atomic mass is 9.98. The Morgan fingerprint density at radius 2 is 1.79 bits per heavy atom. The summed E-state index contributed by atoms with van der Waals surface area (Å²) in [5.41, 5.74) is 7.68. The van der Waals surface area contributed by atoms with Crippen molar-refractivity contribution in [3.8, 4) is 0 Å². The second kappa shape index (κ2) is 5.08. The smallest absolute Gasteiger partial charge is 0.0760 e. The predicted octanol–water partition coefficient (Wildman–Crippen LogP) is 3.42. The molecular weight excluding hydrogens is 304 g/mol. The maximum absolute atomic E-state index is 6.10. The van der Waals surface area contributed by atoms with Gasteiger partial charge >= 0.3 is 0 Å². The first-order chi connectivity index (χ1) is 8.67. The van der Waals surface area contributed by atoms with Crippen LogP contribution in [0.4, 0.5) is 5.69 Å². The van der Waals surface area contributed by atoms with Crippen molar-refractivity contribution >= 4 is 21.6 Å². The summed E-state index contributed by atoms with van der Waals surface area (Å²) in [5.74, 6) is 0. The van der Waals surface area contributed by atoms with Gasteiger partial charge in [-0.2, -0.15) is 0 Å². The lowest BCUT2D eigenvalue weighted by molar-refractivity contribution is -0.182. The molecule has 0 saturated carbocycles. The number of anilines is 1. The minimum Gasteiger partial charge on any atom is -0.399 e. The third-order valence-corrected chi connectivity index (χ3v) is 4.00. The van der Waals surface area contributed by atoms with Crippen LogP contribution in [0.5, 0.6) is 0 Å². The van der Waals surface area contributed by atoms with Crippen molar-refractivity contribution in [2.45, 2.75) is 45.4 Å². The second-order valence-electron chi connectivity index (χ2n) is 6.62. The average Bonchev–Trinajstić information content (AvgIpc) is 2.18. The van der Waals surface area contributed by atoms with E-state index in [1.165, 1.54) is 5.56 Å². The third kappa shape index (κ3) is 3.94. The molecule has 0 spiro atoms. The first kappa shape index (κ1) is 14.8. The fraction of sp³-hybridized carbons (Fsp3) is 0.600. The standard InChI is InChI=1S/C15H23BrN2O/c1-14(2)9-18(10-15(3,4)19-14)8-11-7-12(17)5-6-13(11)16/h5-7H,8-10,17H2,1-4H3. The normalized spacial score (nSPS) is 22.4. The van der Waals surface area contributed by atoms with Gasteiger partial charge in [-0.25, -0.2) is 0 Å². The van der Waals surface area contributed by atoms with Gasteiger partial charge in [0.15, 0.2) is 0 Å². The molecule has 2 N–H and O–H groups in total. The molecule has 2 rings (SSSR count). The van der Waals surface area contributed by atoms with Crippen molar-refractivity contribution in [1.82, 2.24) is 4.90 Å². The highest BCUT2D eigenvalue weighted by Gasteiger charge is 2.37. The Morgan fingerprint density at radius 1 is 1.21 bits per heavy atom. The van der Waals surface area contributed by atoms with Crippen molar-refractivity contribution in [3.05, 3.63) is 28.2 Å². The first-order valence-corrected chi connectivity index (χ1v) is 7.43. The lowest BCUT2D eigenvalue weighted by Crippen LogP contribution is -2.56. The number of halogens is 1. The lowest BCUT2D eigenvalue weighted by Gasteiger charge is -2.47. The third-order valence-electron chi connectivity index (χ3n) is 3.23. The fourth-order valence-corrected chi connectivity index (χ4v) is 3.39. The maximum Gasteiger partial charge on any atom is 0.0760 e. The molecule has 0 aliphatic carbocycles. The highest BCUT2D eigenvalue weighted by atomic mass is 79.9. The molecule has 3 nitrogen and oxygen atoms in total. The molecule has 1 aromatic rings. The van der Waals surface area contributed by atoms with Gasteiger partial charge in [0.05, 0.1) is 11.2 Å². The Morgan fingerprint density at radius 3 is 2.37 bits per heavy atom. The van der Waals surface area contributed by atoms with E-state index in [9.17, 15) is 0 Å². The quantitative estimate of drug-likeness (QED) is 0.846. The van der Waals surface area contributed by atoms with Gasteiger partial charge in [-0.05, 0) is 51.5 Å². The molecule has 0 unspecified atom stereocenters. The van der Waals surface area contributed by atoms with Crippen LogP contribution in [0.25, 0.3) is 0 Å². The molecule has 0 amide bonds. The van der Waals surface area contributed by atoms with Gasteiger partial charge in [-0.3, -0.25) is 4.90 Å². The molecule has 1 aliphatic rings. The average molecular weight is 327 g/mol. The van der Waals surface area contributed by atoms with Gasteiger partial charge < -0.3 is 10.5 Å². The van der Waals surface area contributed by atoms with E-state index in [1.807, 2.05) is 18.2 Å². The molecule has 0 atom stereocenters. The number of nitrogens with two attached hydrogens (primary N) is 1. The zero-order valence-corrected chi connectivity index (χ0v) is 13.8. The number of rotatable bonds is 2. The summed E-state index contributed by atoms with van der Waals surface area (Å²) >= 11 is 3.60. The van der Waals surface area contributed by atoms with Crippen LogP contribution in [-0.2, 0) is 11.3 Å². The highest BCUT2D eigenvalue weighted by Crippen LogP contribution is 2.30. The summed E-state index contributed by atoms with van der Waals surface area (Å²) in [5, 5.41) is 0. The summed E-state index contributed by atoms with van der Waals surface area (Å²) in [6.45, 7) is 11.3. The molecule has 0 bridgehead atoms. The van der Waals surface area contributed by atoms with E-state index in [-0.39, 0.29) is 11.2 Å². The minimum atomic E-state index is -0.117. The Bertz CT molecular complexity index is 455. The van der Waals surface area contributed by atoms with Crippen molar-refractivity contribution in [2.24, 2.45) is 0 Å². The number of ether oxygens (including phenoxy) is 1. The summed E-state index contributed by atoms with van der Waals surface area (Å²) in [6.07, 6.45) is 0. The van der Waals surface area contributed by atoms with Crippen LogP contribution >= 0.6 is 15.9 Å². The molecule has 4 heteroatoms. The molecule has 1 aromatic carbocycles. The van der Waals surface area contributed by atoms with E-state index in [1.54, 1.807) is 0 Å². The SMILES string of the molecule is CC1(C)CN(Cc2cc(N)ccc2Br)CC(C)(C)O1. The van der Waals surface area contributed by atoms with Crippen molar-refractivity contribution < 1.29 is 4.74 Å². The van der Waals surface area contributed by atoms with Crippen LogP contribution in [0.15, 0.2) is 22.7 Å². The zero-order chi connectivity index (χ0) is 14.3. The molecule has 1 aliphatic heterocycles. The number of nitrogen functional groups attached to an aromatic ring is 1. The number of hydrogen-bond donors (Lipinski definition) is 1. The minimum absolute atomic E-state index is 0.117.